The highest BCUT2D eigenvalue weighted by atomic mass is 16.5. The van der Waals surface area contributed by atoms with Gasteiger partial charge in [-0.25, -0.2) is 15.1 Å². The minimum Gasteiger partial charge on any atom is -0.289 e. The lowest BCUT2D eigenvalue weighted by Gasteiger charge is -2.16. The molecule has 2 heterocycles. The van der Waals surface area contributed by atoms with Crippen LogP contribution >= 0.6 is 0 Å². The molecule has 2 N–H and O–H groups in total. The Morgan fingerprint density at radius 3 is 2.41 bits per heavy atom. The van der Waals surface area contributed by atoms with E-state index in [-0.39, 0.29) is 0 Å². The van der Waals surface area contributed by atoms with Gasteiger partial charge in [-0.1, -0.05) is 60.7 Å². The van der Waals surface area contributed by atoms with Crippen molar-refractivity contribution in [1.29, 1.82) is 0 Å². The van der Waals surface area contributed by atoms with E-state index >= 15 is 0 Å². The van der Waals surface area contributed by atoms with Gasteiger partial charge in [0.2, 0.25) is 0 Å². The van der Waals surface area contributed by atoms with Crippen molar-refractivity contribution < 1.29 is 10.0 Å². The molecule has 6 nitrogen and oxygen atoms in total. The van der Waals surface area contributed by atoms with Gasteiger partial charge in [-0.3, -0.25) is 10.0 Å². The van der Waals surface area contributed by atoms with E-state index in [1.54, 1.807) is 22.6 Å². The van der Waals surface area contributed by atoms with E-state index in [0.717, 1.165) is 22.1 Å². The van der Waals surface area contributed by atoms with Gasteiger partial charge in [-0.15, -0.1) is 0 Å². The molecule has 6 heteroatoms. The van der Waals surface area contributed by atoms with Crippen molar-refractivity contribution in [3.05, 3.63) is 84.7 Å². The molecule has 1 amide bonds. The topological polar surface area (TPSA) is 80.0 Å². The molecule has 1 unspecified atom stereocenters. The Morgan fingerprint density at radius 2 is 1.70 bits per heavy atom. The Labute approximate surface area is 156 Å². The van der Waals surface area contributed by atoms with Crippen LogP contribution in [0.4, 0.5) is 0 Å². The fourth-order valence-corrected chi connectivity index (χ4v) is 3.16. The molecule has 0 radical (unpaired) electrons. The highest BCUT2D eigenvalue weighted by molar-refractivity contribution is 5.84. The predicted molar refractivity (Wildman–Crippen MR) is 102 cm³/mol. The monoisotopic (exact) mass is 358 g/mol. The summed E-state index contributed by atoms with van der Waals surface area (Å²) in [6.07, 6.45) is 3.86. The summed E-state index contributed by atoms with van der Waals surface area (Å²) in [5.74, 6) is -0.530. The Balaban J connectivity index is 1.73. The van der Waals surface area contributed by atoms with Crippen LogP contribution in [0.5, 0.6) is 0 Å². The summed E-state index contributed by atoms with van der Waals surface area (Å²) in [5.41, 5.74) is 5.36. The maximum atomic E-state index is 12.3. The molecule has 0 bridgehead atoms. The Morgan fingerprint density at radius 1 is 1.00 bits per heavy atom. The molecule has 1 atom stereocenters. The second-order valence-electron chi connectivity index (χ2n) is 6.27. The second-order valence-corrected chi connectivity index (χ2v) is 6.27. The number of nitrogens with zero attached hydrogens (tertiary/aromatic N) is 3. The molecule has 0 aliphatic carbocycles. The SMILES string of the molecule is O=C(NO)C(Cc1ccccc1)n1ncc2cc(-c3ccccc3)cnc21. The van der Waals surface area contributed by atoms with Gasteiger partial charge in [0.25, 0.3) is 5.91 Å². The second kappa shape index (κ2) is 7.39. The molecule has 2 aromatic heterocycles. The molecule has 2 aromatic carbocycles. The molecule has 4 aromatic rings. The summed E-state index contributed by atoms with van der Waals surface area (Å²) in [4.78, 5) is 16.8. The fraction of sp³-hybridized carbons (Fsp3) is 0.0952. The van der Waals surface area contributed by atoms with E-state index in [1.165, 1.54) is 0 Å². The third-order valence-corrected chi connectivity index (χ3v) is 4.52. The largest absolute Gasteiger partial charge is 0.289 e. The van der Waals surface area contributed by atoms with E-state index < -0.39 is 11.9 Å². The summed E-state index contributed by atoms with van der Waals surface area (Å²) >= 11 is 0. The van der Waals surface area contributed by atoms with Gasteiger partial charge in [0.15, 0.2) is 5.65 Å². The molecule has 0 saturated carbocycles. The molecule has 4 rings (SSSR count). The van der Waals surface area contributed by atoms with Crippen molar-refractivity contribution in [3.63, 3.8) is 0 Å². The van der Waals surface area contributed by atoms with Crippen LogP contribution in [0.3, 0.4) is 0 Å². The van der Waals surface area contributed by atoms with Crippen LogP contribution in [0.1, 0.15) is 11.6 Å². The van der Waals surface area contributed by atoms with Crippen molar-refractivity contribution in [2.45, 2.75) is 12.5 Å². The standard InChI is InChI=1S/C21H18N4O2/c26-21(24-27)19(11-15-7-3-1-4-8-15)25-20-18(14-23-25)12-17(13-22-20)16-9-5-2-6-10-16/h1-10,12-14,19,27H,11H2,(H,24,26). The lowest BCUT2D eigenvalue weighted by atomic mass is 10.1. The van der Waals surface area contributed by atoms with E-state index in [9.17, 15) is 10.0 Å². The smallest absolute Gasteiger partial charge is 0.268 e. The van der Waals surface area contributed by atoms with Gasteiger partial charge >= 0.3 is 0 Å². The highest BCUT2D eigenvalue weighted by Gasteiger charge is 2.24. The molecule has 0 aliphatic rings. The summed E-state index contributed by atoms with van der Waals surface area (Å²) in [5, 5.41) is 14.4. The van der Waals surface area contributed by atoms with Gasteiger partial charge in [-0.05, 0) is 17.2 Å². The van der Waals surface area contributed by atoms with Gasteiger partial charge in [0.05, 0.1) is 6.20 Å². The first kappa shape index (κ1) is 16.9. The van der Waals surface area contributed by atoms with Crippen molar-refractivity contribution >= 4 is 16.9 Å². The zero-order chi connectivity index (χ0) is 18.6. The first-order valence-electron chi connectivity index (χ1n) is 8.63. The number of hydrogen-bond donors (Lipinski definition) is 2. The van der Waals surface area contributed by atoms with Gasteiger partial charge in [0, 0.05) is 23.6 Å². The minimum absolute atomic E-state index is 0.395. The molecule has 27 heavy (non-hydrogen) atoms. The third-order valence-electron chi connectivity index (χ3n) is 4.52. The minimum atomic E-state index is -0.704. The Kier molecular flexibility index (Phi) is 4.63. The van der Waals surface area contributed by atoms with Crippen LogP contribution in [0.25, 0.3) is 22.2 Å². The number of carbonyl (C=O) groups is 1. The number of pyridine rings is 1. The fourth-order valence-electron chi connectivity index (χ4n) is 3.16. The number of carbonyl (C=O) groups excluding carboxylic acids is 1. The number of hydrogen-bond acceptors (Lipinski definition) is 4. The number of aromatic nitrogens is 3. The third kappa shape index (κ3) is 3.43. The van der Waals surface area contributed by atoms with Crippen molar-refractivity contribution in [2.75, 3.05) is 0 Å². The summed E-state index contributed by atoms with van der Waals surface area (Å²) in [6, 6.07) is 20.9. The maximum Gasteiger partial charge on any atom is 0.268 e. The first-order chi connectivity index (χ1) is 13.3. The number of amides is 1. The lowest BCUT2D eigenvalue weighted by molar-refractivity contribution is -0.132. The number of nitrogens with one attached hydrogen (secondary N) is 1. The Bertz CT molecular complexity index is 1060. The van der Waals surface area contributed by atoms with Gasteiger partial charge < -0.3 is 0 Å². The summed E-state index contributed by atoms with van der Waals surface area (Å²) in [7, 11) is 0. The molecule has 0 fully saturated rings. The number of benzene rings is 2. The van der Waals surface area contributed by atoms with E-state index in [4.69, 9.17) is 0 Å². The van der Waals surface area contributed by atoms with Crippen LogP contribution in [0, 0.1) is 0 Å². The van der Waals surface area contributed by atoms with Crippen LogP contribution in [-0.4, -0.2) is 25.9 Å². The normalized spacial score (nSPS) is 12.0. The molecular weight excluding hydrogens is 340 g/mol. The summed E-state index contributed by atoms with van der Waals surface area (Å²) in [6.45, 7) is 0. The first-order valence-corrected chi connectivity index (χ1v) is 8.63. The Hall–Kier alpha value is -3.51. The van der Waals surface area contributed by atoms with E-state index in [1.807, 2.05) is 66.7 Å². The molecule has 0 spiro atoms. The predicted octanol–water partition coefficient (Wildman–Crippen LogP) is 3.39. The summed E-state index contributed by atoms with van der Waals surface area (Å²) < 4.78 is 1.56. The average molecular weight is 358 g/mol. The molecule has 134 valence electrons. The van der Waals surface area contributed by atoms with Crippen LogP contribution in [0.2, 0.25) is 0 Å². The van der Waals surface area contributed by atoms with Crippen LogP contribution in [-0.2, 0) is 11.2 Å². The molecular formula is C21H18N4O2. The average Bonchev–Trinajstić information content (AvgIpc) is 3.16. The van der Waals surface area contributed by atoms with Crippen molar-refractivity contribution in [3.8, 4) is 11.1 Å². The zero-order valence-electron chi connectivity index (χ0n) is 14.5. The number of rotatable bonds is 5. The van der Waals surface area contributed by atoms with Gasteiger partial charge in [-0.2, -0.15) is 5.10 Å². The quantitative estimate of drug-likeness (QED) is 0.423. The van der Waals surface area contributed by atoms with Crippen LogP contribution < -0.4 is 5.48 Å². The maximum absolute atomic E-state index is 12.3. The lowest BCUT2D eigenvalue weighted by Crippen LogP contribution is -2.32. The van der Waals surface area contributed by atoms with Crippen LogP contribution in [0.15, 0.2) is 79.1 Å². The number of fused-ring (bicyclic) bond motifs is 1. The van der Waals surface area contributed by atoms with Crippen molar-refractivity contribution in [1.82, 2.24) is 20.2 Å². The zero-order valence-corrected chi connectivity index (χ0v) is 14.5. The van der Waals surface area contributed by atoms with Crippen molar-refractivity contribution in [2.24, 2.45) is 0 Å². The molecule has 0 aliphatic heterocycles. The van der Waals surface area contributed by atoms with E-state index in [2.05, 4.69) is 10.1 Å². The number of hydroxylamine groups is 1. The van der Waals surface area contributed by atoms with Gasteiger partial charge in [0.1, 0.15) is 6.04 Å². The highest BCUT2D eigenvalue weighted by Crippen LogP contribution is 2.25. The van der Waals surface area contributed by atoms with E-state index in [0.29, 0.717) is 12.1 Å². The molecule has 0 saturated heterocycles.